The maximum Gasteiger partial charge on any atom is 0.228 e. The number of hydrogen-bond donors (Lipinski definition) is 0. The van der Waals surface area contributed by atoms with Crippen molar-refractivity contribution >= 4 is 21.7 Å². The van der Waals surface area contributed by atoms with E-state index in [-0.39, 0.29) is 35.8 Å². The summed E-state index contributed by atoms with van der Waals surface area (Å²) >= 11 is 0. The van der Waals surface area contributed by atoms with Crippen LogP contribution in [-0.4, -0.2) is 66.2 Å². The van der Waals surface area contributed by atoms with Crippen LogP contribution in [0.15, 0.2) is 24.5 Å². The quantitative estimate of drug-likeness (QED) is 0.766. The van der Waals surface area contributed by atoms with Crippen molar-refractivity contribution in [3.63, 3.8) is 0 Å². The van der Waals surface area contributed by atoms with Crippen LogP contribution in [0.4, 0.5) is 0 Å². The number of carbonyl (C=O) groups is 2. The highest BCUT2D eigenvalue weighted by Crippen LogP contribution is 2.24. The third-order valence-electron chi connectivity index (χ3n) is 4.79. The molecule has 0 aromatic carbocycles. The summed E-state index contributed by atoms with van der Waals surface area (Å²) in [5, 5.41) is 0. The van der Waals surface area contributed by atoms with Gasteiger partial charge in [-0.25, -0.2) is 8.42 Å². The third kappa shape index (κ3) is 3.58. The molecule has 0 N–H and O–H groups in total. The Bertz CT molecular complexity index is 735. The summed E-state index contributed by atoms with van der Waals surface area (Å²) in [7, 11) is -1.39. The Labute approximate surface area is 141 Å². The van der Waals surface area contributed by atoms with E-state index >= 15 is 0 Å². The summed E-state index contributed by atoms with van der Waals surface area (Å²) < 4.78 is 23.2. The van der Waals surface area contributed by atoms with Gasteiger partial charge in [-0.2, -0.15) is 0 Å². The van der Waals surface area contributed by atoms with Crippen LogP contribution >= 0.6 is 0 Å². The maximum atomic E-state index is 12.6. The SMILES string of the molecule is CN(C(=O)C1CC(=O)N(Cc2ccncc2)C1)C1CCS(=O)(=O)C1. The molecule has 0 spiro atoms. The Kier molecular flexibility index (Phi) is 4.58. The van der Waals surface area contributed by atoms with Crippen LogP contribution in [0.25, 0.3) is 0 Å². The minimum absolute atomic E-state index is 0.0244. The summed E-state index contributed by atoms with van der Waals surface area (Å²) in [6.07, 6.45) is 4.01. The van der Waals surface area contributed by atoms with Gasteiger partial charge in [-0.3, -0.25) is 14.6 Å². The minimum atomic E-state index is -3.04. The number of sulfone groups is 1. The van der Waals surface area contributed by atoms with Crippen molar-refractivity contribution in [3.8, 4) is 0 Å². The number of pyridine rings is 1. The lowest BCUT2D eigenvalue weighted by Gasteiger charge is -2.26. The largest absolute Gasteiger partial charge is 0.341 e. The van der Waals surface area contributed by atoms with Gasteiger partial charge in [0.15, 0.2) is 9.84 Å². The molecule has 130 valence electrons. The molecule has 0 radical (unpaired) electrons. The van der Waals surface area contributed by atoms with E-state index in [2.05, 4.69) is 4.98 Å². The van der Waals surface area contributed by atoms with Crippen LogP contribution in [-0.2, 0) is 26.0 Å². The molecule has 2 fully saturated rings. The number of rotatable bonds is 4. The van der Waals surface area contributed by atoms with Crippen LogP contribution in [0.3, 0.4) is 0 Å². The lowest BCUT2D eigenvalue weighted by molar-refractivity contribution is -0.136. The topological polar surface area (TPSA) is 87.7 Å². The maximum absolute atomic E-state index is 12.6. The van der Waals surface area contributed by atoms with Gasteiger partial charge in [0.1, 0.15) is 0 Å². The molecule has 3 heterocycles. The lowest BCUT2D eigenvalue weighted by Crippen LogP contribution is -2.42. The molecule has 0 saturated carbocycles. The summed E-state index contributed by atoms with van der Waals surface area (Å²) in [5.74, 6) is -0.420. The Morgan fingerprint density at radius 1 is 1.38 bits per heavy atom. The highest BCUT2D eigenvalue weighted by molar-refractivity contribution is 7.91. The molecule has 2 amide bonds. The van der Waals surface area contributed by atoms with E-state index in [0.717, 1.165) is 5.56 Å². The predicted octanol–water partition coefficient (Wildman–Crippen LogP) is 0.0756. The summed E-state index contributed by atoms with van der Waals surface area (Å²) in [4.78, 5) is 32.0. The first-order valence-corrected chi connectivity index (χ1v) is 9.81. The number of amides is 2. The monoisotopic (exact) mass is 351 g/mol. The third-order valence-corrected chi connectivity index (χ3v) is 6.54. The molecule has 2 atom stereocenters. The van der Waals surface area contributed by atoms with Crippen molar-refractivity contribution in [2.24, 2.45) is 5.92 Å². The first-order chi connectivity index (χ1) is 11.4. The zero-order valence-electron chi connectivity index (χ0n) is 13.6. The normalized spacial score (nSPS) is 25.9. The number of likely N-dealkylation sites (tertiary alicyclic amines) is 1. The molecule has 2 unspecified atom stereocenters. The van der Waals surface area contributed by atoms with Crippen LogP contribution in [0.1, 0.15) is 18.4 Å². The number of carbonyl (C=O) groups excluding carboxylic acids is 2. The first kappa shape index (κ1) is 16.9. The van der Waals surface area contributed by atoms with Gasteiger partial charge in [-0.1, -0.05) is 0 Å². The van der Waals surface area contributed by atoms with Gasteiger partial charge in [0.25, 0.3) is 0 Å². The summed E-state index contributed by atoms with van der Waals surface area (Å²) in [5.41, 5.74) is 0.974. The Morgan fingerprint density at radius 3 is 2.71 bits per heavy atom. The zero-order valence-corrected chi connectivity index (χ0v) is 14.4. The molecule has 1 aromatic rings. The van der Waals surface area contributed by atoms with Gasteiger partial charge in [0.05, 0.1) is 17.4 Å². The Balaban J connectivity index is 1.61. The van der Waals surface area contributed by atoms with Crippen molar-refractivity contribution < 1.29 is 18.0 Å². The molecule has 0 aliphatic carbocycles. The average Bonchev–Trinajstić information content (AvgIpc) is 3.10. The second-order valence-corrected chi connectivity index (χ2v) is 8.77. The number of nitrogens with zero attached hydrogens (tertiary/aromatic N) is 3. The smallest absolute Gasteiger partial charge is 0.228 e. The van der Waals surface area contributed by atoms with E-state index in [9.17, 15) is 18.0 Å². The molecule has 0 bridgehead atoms. The second-order valence-electron chi connectivity index (χ2n) is 6.54. The Hall–Kier alpha value is -1.96. The van der Waals surface area contributed by atoms with Gasteiger partial charge < -0.3 is 9.80 Å². The van der Waals surface area contributed by atoms with E-state index in [1.54, 1.807) is 24.3 Å². The van der Waals surface area contributed by atoms with Gasteiger partial charge in [0, 0.05) is 45.0 Å². The van der Waals surface area contributed by atoms with Gasteiger partial charge in [0.2, 0.25) is 11.8 Å². The predicted molar refractivity (Wildman–Crippen MR) is 87.6 cm³/mol. The standard InChI is InChI=1S/C16H21N3O4S/c1-18(14-4-7-24(22,23)11-14)16(21)13-8-15(20)19(10-13)9-12-2-5-17-6-3-12/h2-3,5-6,13-14H,4,7-11H2,1H3. The highest BCUT2D eigenvalue weighted by atomic mass is 32.2. The molecule has 2 aliphatic rings. The van der Waals surface area contributed by atoms with E-state index < -0.39 is 15.8 Å². The van der Waals surface area contributed by atoms with Gasteiger partial charge >= 0.3 is 0 Å². The van der Waals surface area contributed by atoms with Crippen LogP contribution in [0.5, 0.6) is 0 Å². The fourth-order valence-electron chi connectivity index (χ4n) is 3.35. The van der Waals surface area contributed by atoms with Gasteiger partial charge in [-0.15, -0.1) is 0 Å². The fourth-order valence-corrected chi connectivity index (χ4v) is 5.12. The molecule has 3 rings (SSSR count). The molecule has 8 heteroatoms. The first-order valence-electron chi connectivity index (χ1n) is 7.99. The van der Waals surface area contributed by atoms with Crippen molar-refractivity contribution in [1.82, 2.24) is 14.8 Å². The molecule has 1 aromatic heterocycles. The van der Waals surface area contributed by atoms with Crippen molar-refractivity contribution in [2.75, 3.05) is 25.1 Å². The van der Waals surface area contributed by atoms with Crippen LogP contribution in [0.2, 0.25) is 0 Å². The van der Waals surface area contributed by atoms with Gasteiger partial charge in [-0.05, 0) is 24.1 Å². The molecular weight excluding hydrogens is 330 g/mol. The van der Waals surface area contributed by atoms with Crippen LogP contribution < -0.4 is 0 Å². The lowest BCUT2D eigenvalue weighted by atomic mass is 10.1. The summed E-state index contributed by atoms with van der Waals surface area (Å²) in [6, 6.07) is 3.42. The molecular formula is C16H21N3O4S. The van der Waals surface area contributed by atoms with E-state index in [4.69, 9.17) is 0 Å². The highest BCUT2D eigenvalue weighted by Gasteiger charge is 2.39. The molecule has 2 aliphatic heterocycles. The fraction of sp³-hybridized carbons (Fsp3) is 0.562. The summed E-state index contributed by atoms with van der Waals surface area (Å²) in [6.45, 7) is 0.844. The van der Waals surface area contributed by atoms with Crippen molar-refractivity contribution in [3.05, 3.63) is 30.1 Å². The minimum Gasteiger partial charge on any atom is -0.341 e. The van der Waals surface area contributed by atoms with Crippen LogP contribution in [0, 0.1) is 5.92 Å². The van der Waals surface area contributed by atoms with E-state index in [1.165, 1.54) is 4.90 Å². The second kappa shape index (κ2) is 6.51. The average molecular weight is 351 g/mol. The van der Waals surface area contributed by atoms with E-state index in [1.807, 2.05) is 12.1 Å². The van der Waals surface area contributed by atoms with Crippen molar-refractivity contribution in [1.29, 1.82) is 0 Å². The number of aromatic nitrogens is 1. The van der Waals surface area contributed by atoms with Crippen molar-refractivity contribution in [2.45, 2.75) is 25.4 Å². The molecule has 24 heavy (non-hydrogen) atoms. The number of hydrogen-bond acceptors (Lipinski definition) is 5. The molecule has 7 nitrogen and oxygen atoms in total. The van der Waals surface area contributed by atoms with E-state index in [0.29, 0.717) is 19.5 Å². The zero-order chi connectivity index (χ0) is 17.3. The molecule has 2 saturated heterocycles. The Morgan fingerprint density at radius 2 is 2.08 bits per heavy atom.